The maximum atomic E-state index is 13.1. The van der Waals surface area contributed by atoms with Gasteiger partial charge in [-0.05, 0) is 23.8 Å². The van der Waals surface area contributed by atoms with E-state index in [4.69, 9.17) is 29.0 Å². The van der Waals surface area contributed by atoms with Crippen molar-refractivity contribution in [1.29, 1.82) is 0 Å². The van der Waals surface area contributed by atoms with Gasteiger partial charge >= 0.3 is 6.18 Å². The van der Waals surface area contributed by atoms with Crippen LogP contribution in [0.25, 0.3) is 0 Å². The summed E-state index contributed by atoms with van der Waals surface area (Å²) >= 11 is 12.1. The summed E-state index contributed by atoms with van der Waals surface area (Å²) < 4.78 is 39.4. The van der Waals surface area contributed by atoms with Gasteiger partial charge in [0, 0.05) is 15.6 Å². The first-order valence-corrected chi connectivity index (χ1v) is 6.68. The van der Waals surface area contributed by atoms with E-state index in [2.05, 4.69) is 5.43 Å². The van der Waals surface area contributed by atoms with E-state index in [1.54, 1.807) is 18.2 Å². The lowest BCUT2D eigenvalue weighted by molar-refractivity contribution is -0.138. The van der Waals surface area contributed by atoms with Crippen LogP contribution in [-0.2, 0) is 6.18 Å². The zero-order valence-electron chi connectivity index (χ0n) is 10.6. The second-order valence-electron chi connectivity index (χ2n) is 4.32. The van der Waals surface area contributed by atoms with Crippen molar-refractivity contribution < 1.29 is 13.2 Å². The van der Waals surface area contributed by atoms with Crippen LogP contribution in [-0.4, -0.2) is 0 Å². The van der Waals surface area contributed by atoms with E-state index >= 15 is 0 Å². The number of alkyl halides is 3. The van der Waals surface area contributed by atoms with Crippen LogP contribution in [0.3, 0.4) is 0 Å². The van der Waals surface area contributed by atoms with Crippen molar-refractivity contribution in [2.75, 3.05) is 0 Å². The summed E-state index contributed by atoms with van der Waals surface area (Å²) in [5.41, 5.74) is 1.84. The molecule has 2 rings (SSSR count). The van der Waals surface area contributed by atoms with E-state index in [1.165, 1.54) is 18.2 Å². The second kappa shape index (κ2) is 6.23. The highest BCUT2D eigenvalue weighted by Crippen LogP contribution is 2.39. The zero-order valence-corrected chi connectivity index (χ0v) is 12.1. The lowest BCUT2D eigenvalue weighted by Gasteiger charge is -2.23. The number of hydrogen-bond donors (Lipinski definition) is 2. The Labute approximate surface area is 129 Å². The molecule has 2 aromatic carbocycles. The van der Waals surface area contributed by atoms with Crippen LogP contribution in [0.15, 0.2) is 42.5 Å². The van der Waals surface area contributed by atoms with Crippen molar-refractivity contribution in [3.8, 4) is 0 Å². The Morgan fingerprint density at radius 3 is 2.05 bits per heavy atom. The molecule has 0 bridgehead atoms. The normalized spacial score (nSPS) is 13.2. The van der Waals surface area contributed by atoms with Crippen LogP contribution < -0.4 is 11.3 Å². The molecule has 7 heteroatoms. The Balaban J connectivity index is 2.63. The van der Waals surface area contributed by atoms with Crippen LogP contribution >= 0.6 is 23.2 Å². The minimum absolute atomic E-state index is 0.0394. The number of benzene rings is 2. The summed E-state index contributed by atoms with van der Waals surface area (Å²) in [6.07, 6.45) is -4.50. The maximum absolute atomic E-state index is 13.1. The molecule has 3 N–H and O–H groups in total. The van der Waals surface area contributed by atoms with Gasteiger partial charge in [-0.3, -0.25) is 5.84 Å². The summed E-state index contributed by atoms with van der Waals surface area (Å²) in [5, 5.41) is 0.477. The predicted molar refractivity (Wildman–Crippen MR) is 77.1 cm³/mol. The van der Waals surface area contributed by atoms with Gasteiger partial charge in [-0.15, -0.1) is 0 Å². The summed E-state index contributed by atoms with van der Waals surface area (Å²) in [7, 11) is 0. The summed E-state index contributed by atoms with van der Waals surface area (Å²) in [5.74, 6) is 5.45. The van der Waals surface area contributed by atoms with Gasteiger partial charge in [-0.2, -0.15) is 13.2 Å². The summed E-state index contributed by atoms with van der Waals surface area (Å²) in [6.45, 7) is 0. The average molecular weight is 335 g/mol. The SMILES string of the molecule is NNC(c1ccccc1C(F)(F)F)c1c(Cl)cccc1Cl. The molecular weight excluding hydrogens is 324 g/mol. The molecule has 112 valence electrons. The first-order valence-electron chi connectivity index (χ1n) is 5.92. The lowest BCUT2D eigenvalue weighted by Crippen LogP contribution is -2.31. The number of halogens is 5. The zero-order chi connectivity index (χ0) is 15.6. The first kappa shape index (κ1) is 16.1. The number of hydrogen-bond acceptors (Lipinski definition) is 2. The molecule has 0 heterocycles. The quantitative estimate of drug-likeness (QED) is 0.637. The molecule has 0 radical (unpaired) electrons. The topological polar surface area (TPSA) is 38.0 Å². The third kappa shape index (κ3) is 3.32. The molecule has 21 heavy (non-hydrogen) atoms. The van der Waals surface area contributed by atoms with Crippen LogP contribution in [0.1, 0.15) is 22.7 Å². The predicted octanol–water partition coefficient (Wildman–Crippen LogP) is 4.56. The summed E-state index contributed by atoms with van der Waals surface area (Å²) in [6, 6.07) is 8.87. The van der Waals surface area contributed by atoms with Gasteiger partial charge in [0.25, 0.3) is 0 Å². The van der Waals surface area contributed by atoms with Gasteiger partial charge in [-0.25, -0.2) is 5.43 Å². The Morgan fingerprint density at radius 2 is 1.52 bits per heavy atom. The van der Waals surface area contributed by atoms with E-state index in [-0.39, 0.29) is 15.6 Å². The van der Waals surface area contributed by atoms with Crippen molar-refractivity contribution in [2.45, 2.75) is 12.2 Å². The highest BCUT2D eigenvalue weighted by Gasteiger charge is 2.35. The van der Waals surface area contributed by atoms with Gasteiger partial charge in [-0.1, -0.05) is 47.5 Å². The number of nitrogens with two attached hydrogens (primary N) is 1. The monoisotopic (exact) mass is 334 g/mol. The molecule has 1 atom stereocenters. The molecule has 0 aliphatic rings. The minimum atomic E-state index is -4.50. The van der Waals surface area contributed by atoms with Gasteiger partial charge in [0.15, 0.2) is 0 Å². The van der Waals surface area contributed by atoms with Crippen molar-refractivity contribution in [3.63, 3.8) is 0 Å². The van der Waals surface area contributed by atoms with E-state index in [9.17, 15) is 13.2 Å². The second-order valence-corrected chi connectivity index (χ2v) is 5.13. The highest BCUT2D eigenvalue weighted by molar-refractivity contribution is 6.36. The third-order valence-electron chi connectivity index (χ3n) is 3.03. The molecule has 0 amide bonds. The van der Waals surface area contributed by atoms with Gasteiger partial charge in [0.05, 0.1) is 11.6 Å². The molecule has 0 aromatic heterocycles. The van der Waals surface area contributed by atoms with Crippen molar-refractivity contribution >= 4 is 23.2 Å². The molecule has 0 spiro atoms. The Morgan fingerprint density at radius 1 is 0.952 bits per heavy atom. The van der Waals surface area contributed by atoms with Crippen molar-refractivity contribution in [1.82, 2.24) is 5.43 Å². The average Bonchev–Trinajstić information content (AvgIpc) is 2.42. The van der Waals surface area contributed by atoms with E-state index < -0.39 is 17.8 Å². The smallest absolute Gasteiger partial charge is 0.271 e. The Hall–Kier alpha value is -1.27. The summed E-state index contributed by atoms with van der Waals surface area (Å²) in [4.78, 5) is 0. The van der Waals surface area contributed by atoms with Crippen LogP contribution in [0.5, 0.6) is 0 Å². The van der Waals surface area contributed by atoms with Gasteiger partial charge in [0.1, 0.15) is 0 Å². The first-order chi connectivity index (χ1) is 9.86. The molecule has 0 aliphatic heterocycles. The Bertz CT molecular complexity index is 624. The largest absolute Gasteiger partial charge is 0.416 e. The molecule has 2 aromatic rings. The van der Waals surface area contributed by atoms with Crippen molar-refractivity contribution in [2.24, 2.45) is 5.84 Å². The fourth-order valence-electron chi connectivity index (χ4n) is 2.12. The highest BCUT2D eigenvalue weighted by atomic mass is 35.5. The van der Waals surface area contributed by atoms with Gasteiger partial charge < -0.3 is 0 Å². The van der Waals surface area contributed by atoms with Crippen molar-refractivity contribution in [3.05, 3.63) is 69.2 Å². The molecule has 0 aliphatic carbocycles. The fourth-order valence-corrected chi connectivity index (χ4v) is 2.74. The number of rotatable bonds is 3. The molecule has 2 nitrogen and oxygen atoms in total. The van der Waals surface area contributed by atoms with Gasteiger partial charge in [0.2, 0.25) is 0 Å². The number of nitrogens with one attached hydrogen (secondary N) is 1. The van der Waals surface area contributed by atoms with E-state index in [1.807, 2.05) is 0 Å². The van der Waals surface area contributed by atoms with E-state index in [0.29, 0.717) is 5.56 Å². The van der Waals surface area contributed by atoms with Crippen LogP contribution in [0, 0.1) is 0 Å². The van der Waals surface area contributed by atoms with Crippen LogP contribution in [0.4, 0.5) is 13.2 Å². The minimum Gasteiger partial charge on any atom is -0.271 e. The van der Waals surface area contributed by atoms with E-state index in [0.717, 1.165) is 6.07 Å². The molecule has 0 fully saturated rings. The third-order valence-corrected chi connectivity index (χ3v) is 3.69. The Kier molecular flexibility index (Phi) is 4.78. The molecule has 0 saturated heterocycles. The van der Waals surface area contributed by atoms with Crippen LogP contribution in [0.2, 0.25) is 10.0 Å². The molecular formula is C14H11Cl2F3N2. The lowest BCUT2D eigenvalue weighted by atomic mass is 9.94. The maximum Gasteiger partial charge on any atom is 0.416 e. The fraction of sp³-hybridized carbons (Fsp3) is 0.143. The number of hydrazine groups is 1. The standard InChI is InChI=1S/C14H11Cl2F3N2/c15-10-6-3-7-11(16)12(10)13(21-20)8-4-1-2-5-9(8)14(17,18)19/h1-7,13,21H,20H2. The molecule has 0 saturated carbocycles. The molecule has 1 unspecified atom stereocenters.